The van der Waals surface area contributed by atoms with Gasteiger partial charge in [0.1, 0.15) is 11.6 Å². The molecule has 1 heterocycles. The second-order valence-corrected chi connectivity index (χ2v) is 6.54. The number of hydrogen-bond acceptors (Lipinski definition) is 3. The van der Waals surface area contributed by atoms with E-state index in [2.05, 4.69) is 15.6 Å². The Hall–Kier alpha value is -2.63. The zero-order valence-corrected chi connectivity index (χ0v) is 14.7. The first kappa shape index (κ1) is 18.2. The molecule has 0 unspecified atom stereocenters. The minimum atomic E-state index is -0.374. The standard InChI is InChI=1S/C20H24FN3O2/c21-16-8-5-11-18(13-16)26-19-15(7-6-12-22-19)14-23-20(25)24-17-9-3-1-2-4-10-17/h5-8,11-13,17H,1-4,9-10,14H2,(H2,23,24,25). The number of rotatable bonds is 5. The molecule has 0 spiro atoms. The van der Waals surface area contributed by atoms with Gasteiger partial charge >= 0.3 is 6.03 Å². The maximum Gasteiger partial charge on any atom is 0.315 e. The highest BCUT2D eigenvalue weighted by Crippen LogP contribution is 2.23. The van der Waals surface area contributed by atoms with E-state index in [1.54, 1.807) is 24.4 Å². The molecule has 26 heavy (non-hydrogen) atoms. The van der Waals surface area contributed by atoms with Gasteiger partial charge in [-0.1, -0.05) is 37.8 Å². The highest BCUT2D eigenvalue weighted by Gasteiger charge is 2.15. The Morgan fingerprint density at radius 2 is 1.96 bits per heavy atom. The molecule has 0 saturated heterocycles. The molecule has 0 atom stereocenters. The first-order chi connectivity index (χ1) is 12.7. The van der Waals surface area contributed by atoms with Crippen LogP contribution in [0.2, 0.25) is 0 Å². The average molecular weight is 357 g/mol. The minimum Gasteiger partial charge on any atom is -0.439 e. The van der Waals surface area contributed by atoms with Crippen LogP contribution in [0.3, 0.4) is 0 Å². The van der Waals surface area contributed by atoms with E-state index >= 15 is 0 Å². The summed E-state index contributed by atoms with van der Waals surface area (Å²) in [6.07, 6.45) is 8.50. The normalized spacial score (nSPS) is 15.1. The highest BCUT2D eigenvalue weighted by molar-refractivity contribution is 5.74. The summed E-state index contributed by atoms with van der Waals surface area (Å²) < 4.78 is 19.0. The lowest BCUT2D eigenvalue weighted by Crippen LogP contribution is -2.41. The summed E-state index contributed by atoms with van der Waals surface area (Å²) in [7, 11) is 0. The molecule has 1 saturated carbocycles. The molecule has 0 aliphatic heterocycles. The molecule has 2 amide bonds. The first-order valence-corrected chi connectivity index (χ1v) is 9.12. The van der Waals surface area contributed by atoms with Crippen molar-refractivity contribution in [2.45, 2.75) is 51.1 Å². The van der Waals surface area contributed by atoms with Crippen LogP contribution in [0, 0.1) is 5.82 Å². The molecule has 1 fully saturated rings. The van der Waals surface area contributed by atoms with Crippen LogP contribution in [0.15, 0.2) is 42.6 Å². The fraction of sp³-hybridized carbons (Fsp3) is 0.400. The number of amides is 2. The molecule has 2 N–H and O–H groups in total. The van der Waals surface area contributed by atoms with Gasteiger partial charge in [-0.15, -0.1) is 0 Å². The molecule has 0 bridgehead atoms. The summed E-state index contributed by atoms with van der Waals surface area (Å²) in [6, 6.07) is 9.55. The third-order valence-corrected chi connectivity index (χ3v) is 4.49. The highest BCUT2D eigenvalue weighted by atomic mass is 19.1. The van der Waals surface area contributed by atoms with Gasteiger partial charge < -0.3 is 15.4 Å². The fourth-order valence-electron chi connectivity index (χ4n) is 3.13. The number of carbonyl (C=O) groups excluding carboxylic acids is 1. The number of ether oxygens (including phenoxy) is 1. The smallest absolute Gasteiger partial charge is 0.315 e. The molecular formula is C20H24FN3O2. The number of urea groups is 1. The van der Waals surface area contributed by atoms with Gasteiger partial charge in [0, 0.05) is 30.4 Å². The molecule has 1 aliphatic rings. The van der Waals surface area contributed by atoms with Crippen LogP contribution in [0.1, 0.15) is 44.1 Å². The molecule has 6 heteroatoms. The summed E-state index contributed by atoms with van der Waals surface area (Å²) in [5, 5.41) is 5.90. The topological polar surface area (TPSA) is 63.2 Å². The van der Waals surface area contributed by atoms with Gasteiger partial charge in [0.25, 0.3) is 0 Å². The SMILES string of the molecule is O=C(NCc1cccnc1Oc1cccc(F)c1)NC1CCCCCC1. The second-order valence-electron chi connectivity index (χ2n) is 6.54. The van der Waals surface area contributed by atoms with E-state index in [-0.39, 0.29) is 24.4 Å². The van der Waals surface area contributed by atoms with Crippen LogP contribution in [0.25, 0.3) is 0 Å². The largest absolute Gasteiger partial charge is 0.439 e. The maximum absolute atomic E-state index is 13.3. The number of hydrogen-bond donors (Lipinski definition) is 2. The van der Waals surface area contributed by atoms with Crippen LogP contribution in [-0.4, -0.2) is 17.1 Å². The van der Waals surface area contributed by atoms with Gasteiger partial charge in [-0.25, -0.2) is 14.2 Å². The summed E-state index contributed by atoms with van der Waals surface area (Å²) in [5.74, 6) is 0.349. The van der Waals surface area contributed by atoms with E-state index in [1.807, 2.05) is 6.07 Å². The van der Waals surface area contributed by atoms with Crippen molar-refractivity contribution >= 4 is 6.03 Å². The van der Waals surface area contributed by atoms with E-state index in [1.165, 1.54) is 37.8 Å². The number of aromatic nitrogens is 1. The van der Waals surface area contributed by atoms with Crippen LogP contribution in [-0.2, 0) is 6.54 Å². The summed E-state index contributed by atoms with van der Waals surface area (Å²) >= 11 is 0. The van der Waals surface area contributed by atoms with E-state index < -0.39 is 0 Å². The third kappa shape index (κ3) is 5.44. The van der Waals surface area contributed by atoms with Crippen molar-refractivity contribution in [2.75, 3.05) is 0 Å². The lowest BCUT2D eigenvalue weighted by Gasteiger charge is -2.17. The predicted octanol–water partition coefficient (Wildman–Crippen LogP) is 4.54. The Balaban J connectivity index is 1.56. The Morgan fingerprint density at radius 3 is 2.73 bits per heavy atom. The van der Waals surface area contributed by atoms with Crippen molar-refractivity contribution in [3.8, 4) is 11.6 Å². The molecule has 1 aliphatic carbocycles. The predicted molar refractivity (Wildman–Crippen MR) is 97.6 cm³/mol. The molecule has 138 valence electrons. The van der Waals surface area contributed by atoms with Gasteiger partial charge in [0.2, 0.25) is 5.88 Å². The van der Waals surface area contributed by atoms with Crippen LogP contribution in [0.4, 0.5) is 9.18 Å². The van der Waals surface area contributed by atoms with E-state index in [0.717, 1.165) is 18.4 Å². The number of pyridine rings is 1. The number of nitrogens with zero attached hydrogens (tertiary/aromatic N) is 1. The molecule has 0 radical (unpaired) electrons. The fourth-order valence-corrected chi connectivity index (χ4v) is 3.13. The summed E-state index contributed by atoms with van der Waals surface area (Å²) in [5.41, 5.74) is 0.729. The second kappa shape index (κ2) is 9.17. The Labute approximate surface area is 153 Å². The van der Waals surface area contributed by atoms with Crippen molar-refractivity contribution in [3.63, 3.8) is 0 Å². The van der Waals surface area contributed by atoms with Crippen LogP contribution in [0.5, 0.6) is 11.6 Å². The van der Waals surface area contributed by atoms with Gasteiger partial charge in [0.05, 0.1) is 0 Å². The quantitative estimate of drug-likeness (QED) is 0.773. The Bertz CT molecular complexity index is 731. The Morgan fingerprint density at radius 1 is 1.15 bits per heavy atom. The van der Waals surface area contributed by atoms with Gasteiger partial charge in [-0.05, 0) is 31.0 Å². The zero-order chi connectivity index (χ0) is 18.2. The summed E-state index contributed by atoms with van der Waals surface area (Å²) in [4.78, 5) is 16.4. The molecule has 3 rings (SSSR count). The lowest BCUT2D eigenvalue weighted by molar-refractivity contribution is 0.235. The molecule has 1 aromatic heterocycles. The van der Waals surface area contributed by atoms with Crippen molar-refractivity contribution in [2.24, 2.45) is 0 Å². The van der Waals surface area contributed by atoms with E-state index in [4.69, 9.17) is 4.74 Å². The van der Waals surface area contributed by atoms with E-state index in [9.17, 15) is 9.18 Å². The summed E-state index contributed by atoms with van der Waals surface area (Å²) in [6.45, 7) is 0.289. The van der Waals surface area contributed by atoms with Crippen molar-refractivity contribution in [1.82, 2.24) is 15.6 Å². The van der Waals surface area contributed by atoms with Crippen LogP contribution >= 0.6 is 0 Å². The minimum absolute atomic E-state index is 0.183. The lowest BCUT2D eigenvalue weighted by atomic mass is 10.1. The number of carbonyl (C=O) groups is 1. The Kier molecular flexibility index (Phi) is 6.41. The van der Waals surface area contributed by atoms with Gasteiger partial charge in [-0.3, -0.25) is 0 Å². The molecule has 2 aromatic rings. The molecule has 1 aromatic carbocycles. The van der Waals surface area contributed by atoms with Gasteiger partial charge in [0.15, 0.2) is 0 Å². The number of halogens is 1. The third-order valence-electron chi connectivity index (χ3n) is 4.49. The average Bonchev–Trinajstić information content (AvgIpc) is 2.90. The van der Waals surface area contributed by atoms with Crippen molar-refractivity contribution in [3.05, 3.63) is 54.0 Å². The molecular weight excluding hydrogens is 333 g/mol. The number of nitrogens with one attached hydrogen (secondary N) is 2. The van der Waals surface area contributed by atoms with Crippen LogP contribution < -0.4 is 15.4 Å². The first-order valence-electron chi connectivity index (χ1n) is 9.12. The van der Waals surface area contributed by atoms with Crippen molar-refractivity contribution in [1.29, 1.82) is 0 Å². The van der Waals surface area contributed by atoms with E-state index in [0.29, 0.717) is 11.6 Å². The maximum atomic E-state index is 13.3. The molecule has 5 nitrogen and oxygen atoms in total. The van der Waals surface area contributed by atoms with Gasteiger partial charge in [-0.2, -0.15) is 0 Å². The monoisotopic (exact) mass is 357 g/mol. The van der Waals surface area contributed by atoms with Crippen molar-refractivity contribution < 1.29 is 13.9 Å². The zero-order valence-electron chi connectivity index (χ0n) is 14.7. The number of benzene rings is 1.